The molecular formula is C17H16ClN3O2S. The molecular weight excluding hydrogens is 346 g/mol. The molecule has 1 aromatic carbocycles. The lowest BCUT2D eigenvalue weighted by atomic mass is 10.2. The number of halogens is 1. The molecule has 1 fully saturated rings. The van der Waals surface area contributed by atoms with Gasteiger partial charge in [-0.05, 0) is 36.6 Å². The highest BCUT2D eigenvalue weighted by Gasteiger charge is 2.32. The molecule has 1 aliphatic heterocycles. The average Bonchev–Trinajstić information content (AvgIpc) is 2.95. The number of nitrogens with one attached hydrogen (secondary N) is 1. The third-order valence-corrected chi connectivity index (χ3v) is 4.74. The highest BCUT2D eigenvalue weighted by molar-refractivity contribution is 7.98. The van der Waals surface area contributed by atoms with Crippen LogP contribution in [0.2, 0.25) is 5.02 Å². The number of anilines is 1. The van der Waals surface area contributed by atoms with Crippen LogP contribution in [0.15, 0.2) is 47.6 Å². The zero-order valence-corrected chi connectivity index (χ0v) is 14.6. The van der Waals surface area contributed by atoms with Crippen LogP contribution in [0.1, 0.15) is 16.8 Å². The Kier molecular flexibility index (Phi) is 5.06. The van der Waals surface area contributed by atoms with Crippen molar-refractivity contribution < 1.29 is 9.59 Å². The van der Waals surface area contributed by atoms with E-state index in [1.807, 2.05) is 12.3 Å². The fourth-order valence-corrected chi connectivity index (χ4v) is 3.42. The van der Waals surface area contributed by atoms with Gasteiger partial charge in [0.2, 0.25) is 5.91 Å². The second kappa shape index (κ2) is 7.23. The SMILES string of the molecule is CSc1ncccc1C(=O)NC1CC(=O)N(c2cccc(Cl)c2)C1. The Bertz CT molecular complexity index is 784. The number of pyridine rings is 1. The molecule has 24 heavy (non-hydrogen) atoms. The fourth-order valence-electron chi connectivity index (χ4n) is 2.69. The Hall–Kier alpha value is -2.05. The Balaban J connectivity index is 1.71. The van der Waals surface area contributed by atoms with E-state index in [2.05, 4.69) is 10.3 Å². The zero-order valence-electron chi connectivity index (χ0n) is 13.0. The number of amides is 2. The van der Waals surface area contributed by atoms with E-state index in [9.17, 15) is 9.59 Å². The molecule has 124 valence electrons. The quantitative estimate of drug-likeness (QED) is 0.850. The summed E-state index contributed by atoms with van der Waals surface area (Å²) < 4.78 is 0. The van der Waals surface area contributed by atoms with E-state index in [-0.39, 0.29) is 24.3 Å². The van der Waals surface area contributed by atoms with Gasteiger partial charge in [-0.15, -0.1) is 11.8 Å². The van der Waals surface area contributed by atoms with E-state index in [4.69, 9.17) is 11.6 Å². The largest absolute Gasteiger partial charge is 0.347 e. The lowest BCUT2D eigenvalue weighted by molar-refractivity contribution is -0.117. The summed E-state index contributed by atoms with van der Waals surface area (Å²) in [5, 5.41) is 4.18. The molecule has 1 aromatic heterocycles. The summed E-state index contributed by atoms with van der Waals surface area (Å²) in [4.78, 5) is 30.6. The number of aromatic nitrogens is 1. The minimum Gasteiger partial charge on any atom is -0.347 e. The molecule has 0 radical (unpaired) electrons. The van der Waals surface area contributed by atoms with E-state index in [0.29, 0.717) is 22.2 Å². The number of carbonyl (C=O) groups excluding carboxylic acids is 2. The first-order valence-corrected chi connectivity index (χ1v) is 9.04. The van der Waals surface area contributed by atoms with Gasteiger partial charge >= 0.3 is 0 Å². The monoisotopic (exact) mass is 361 g/mol. The Morgan fingerprint density at radius 1 is 1.38 bits per heavy atom. The van der Waals surface area contributed by atoms with Gasteiger partial charge in [-0.2, -0.15) is 0 Å². The molecule has 0 bridgehead atoms. The smallest absolute Gasteiger partial charge is 0.254 e. The van der Waals surface area contributed by atoms with Crippen molar-refractivity contribution in [3.63, 3.8) is 0 Å². The lowest BCUT2D eigenvalue weighted by Crippen LogP contribution is -2.37. The van der Waals surface area contributed by atoms with Crippen LogP contribution in [0, 0.1) is 0 Å². The van der Waals surface area contributed by atoms with Crippen LogP contribution in [-0.2, 0) is 4.79 Å². The number of thioether (sulfide) groups is 1. The van der Waals surface area contributed by atoms with Crippen LogP contribution in [0.4, 0.5) is 5.69 Å². The number of hydrogen-bond acceptors (Lipinski definition) is 4. The molecule has 0 aliphatic carbocycles. The third-order valence-electron chi connectivity index (χ3n) is 3.79. The second-order valence-corrected chi connectivity index (χ2v) is 6.65. The summed E-state index contributed by atoms with van der Waals surface area (Å²) in [7, 11) is 0. The average molecular weight is 362 g/mol. The molecule has 0 spiro atoms. The Labute approximate surface area is 149 Å². The molecule has 7 heteroatoms. The van der Waals surface area contributed by atoms with Crippen LogP contribution in [-0.4, -0.2) is 35.6 Å². The summed E-state index contributed by atoms with van der Waals surface area (Å²) in [6.45, 7) is 0.430. The molecule has 1 N–H and O–H groups in total. The molecule has 2 heterocycles. The van der Waals surface area contributed by atoms with Gasteiger partial charge in [0.15, 0.2) is 0 Å². The number of nitrogens with zero attached hydrogens (tertiary/aromatic N) is 2. The number of rotatable bonds is 4. The van der Waals surface area contributed by atoms with E-state index in [1.165, 1.54) is 11.8 Å². The third kappa shape index (κ3) is 3.55. The summed E-state index contributed by atoms with van der Waals surface area (Å²) in [5.41, 5.74) is 1.27. The van der Waals surface area contributed by atoms with Gasteiger partial charge in [0.25, 0.3) is 5.91 Å². The topological polar surface area (TPSA) is 62.3 Å². The van der Waals surface area contributed by atoms with Crippen molar-refractivity contribution >= 4 is 40.9 Å². The molecule has 3 rings (SSSR count). The first kappa shape index (κ1) is 16.8. The van der Waals surface area contributed by atoms with Crippen LogP contribution in [0.3, 0.4) is 0 Å². The van der Waals surface area contributed by atoms with E-state index in [1.54, 1.807) is 41.4 Å². The van der Waals surface area contributed by atoms with Gasteiger partial charge in [-0.25, -0.2) is 4.98 Å². The van der Waals surface area contributed by atoms with Gasteiger partial charge in [0.1, 0.15) is 5.03 Å². The molecule has 1 aliphatic rings. The maximum absolute atomic E-state index is 12.5. The maximum atomic E-state index is 12.5. The van der Waals surface area contributed by atoms with Gasteiger partial charge in [0.05, 0.1) is 11.6 Å². The standard InChI is InChI=1S/C17H16ClN3O2S/c1-24-17-14(6-3-7-19-17)16(23)20-12-9-15(22)21(10-12)13-5-2-4-11(18)8-13/h2-8,12H,9-10H2,1H3,(H,20,23). The highest BCUT2D eigenvalue weighted by Crippen LogP contribution is 2.25. The van der Waals surface area contributed by atoms with Gasteiger partial charge in [0, 0.05) is 29.9 Å². The Morgan fingerprint density at radius 3 is 2.96 bits per heavy atom. The van der Waals surface area contributed by atoms with Crippen molar-refractivity contribution in [2.24, 2.45) is 0 Å². The van der Waals surface area contributed by atoms with Crippen molar-refractivity contribution in [3.8, 4) is 0 Å². The van der Waals surface area contributed by atoms with Crippen molar-refractivity contribution in [1.82, 2.24) is 10.3 Å². The van der Waals surface area contributed by atoms with E-state index < -0.39 is 0 Å². The summed E-state index contributed by atoms with van der Waals surface area (Å²) in [6, 6.07) is 10.4. The number of hydrogen-bond donors (Lipinski definition) is 1. The summed E-state index contributed by atoms with van der Waals surface area (Å²) in [6.07, 6.45) is 3.80. The first-order chi connectivity index (χ1) is 11.6. The number of benzene rings is 1. The Morgan fingerprint density at radius 2 is 2.21 bits per heavy atom. The first-order valence-electron chi connectivity index (χ1n) is 7.44. The van der Waals surface area contributed by atoms with E-state index >= 15 is 0 Å². The van der Waals surface area contributed by atoms with Gasteiger partial charge < -0.3 is 10.2 Å². The lowest BCUT2D eigenvalue weighted by Gasteiger charge is -2.17. The highest BCUT2D eigenvalue weighted by atomic mass is 35.5. The molecule has 2 amide bonds. The van der Waals surface area contributed by atoms with Crippen molar-refractivity contribution in [1.29, 1.82) is 0 Å². The van der Waals surface area contributed by atoms with Crippen molar-refractivity contribution in [2.45, 2.75) is 17.5 Å². The van der Waals surface area contributed by atoms with Crippen LogP contribution in [0.25, 0.3) is 0 Å². The fraction of sp³-hybridized carbons (Fsp3) is 0.235. The van der Waals surface area contributed by atoms with Gasteiger partial charge in [-0.1, -0.05) is 17.7 Å². The number of carbonyl (C=O) groups is 2. The predicted molar refractivity (Wildman–Crippen MR) is 95.7 cm³/mol. The van der Waals surface area contributed by atoms with Crippen LogP contribution >= 0.6 is 23.4 Å². The molecule has 5 nitrogen and oxygen atoms in total. The second-order valence-electron chi connectivity index (χ2n) is 5.42. The van der Waals surface area contributed by atoms with Crippen LogP contribution < -0.4 is 10.2 Å². The maximum Gasteiger partial charge on any atom is 0.254 e. The van der Waals surface area contributed by atoms with Gasteiger partial charge in [-0.3, -0.25) is 9.59 Å². The molecule has 1 saturated heterocycles. The normalized spacial score (nSPS) is 17.2. The molecule has 2 aromatic rings. The minimum absolute atomic E-state index is 0.0288. The summed E-state index contributed by atoms with van der Waals surface area (Å²) in [5.74, 6) is -0.239. The molecule has 0 saturated carbocycles. The van der Waals surface area contributed by atoms with E-state index in [0.717, 1.165) is 5.69 Å². The molecule has 1 atom stereocenters. The van der Waals surface area contributed by atoms with Crippen molar-refractivity contribution in [3.05, 3.63) is 53.2 Å². The molecule has 1 unspecified atom stereocenters. The van der Waals surface area contributed by atoms with Crippen molar-refractivity contribution in [2.75, 3.05) is 17.7 Å². The zero-order chi connectivity index (χ0) is 17.1. The summed E-state index contributed by atoms with van der Waals surface area (Å²) >= 11 is 7.41. The van der Waals surface area contributed by atoms with Crippen LogP contribution in [0.5, 0.6) is 0 Å². The predicted octanol–water partition coefficient (Wildman–Crippen LogP) is 2.99. The minimum atomic E-state index is -0.237.